The van der Waals surface area contributed by atoms with E-state index in [2.05, 4.69) is 22.4 Å². The van der Waals surface area contributed by atoms with E-state index in [1.54, 1.807) is 0 Å². The summed E-state index contributed by atoms with van der Waals surface area (Å²) in [6, 6.07) is 0. The first-order chi connectivity index (χ1) is 8.79. The summed E-state index contributed by atoms with van der Waals surface area (Å²) in [4.78, 5) is 18.3. The highest BCUT2D eigenvalue weighted by Gasteiger charge is 2.41. The van der Waals surface area contributed by atoms with E-state index in [0.717, 1.165) is 6.42 Å². The summed E-state index contributed by atoms with van der Waals surface area (Å²) in [7, 11) is 3.87. The minimum Gasteiger partial charge on any atom is -0.344 e. The van der Waals surface area contributed by atoms with Crippen molar-refractivity contribution in [2.45, 2.75) is 39.3 Å². The molecule has 0 saturated heterocycles. The van der Waals surface area contributed by atoms with Crippen molar-refractivity contribution in [1.82, 2.24) is 20.4 Å². The Bertz CT molecular complexity index is 467. The van der Waals surface area contributed by atoms with Gasteiger partial charge in [-0.25, -0.2) is 0 Å². The fourth-order valence-electron chi connectivity index (χ4n) is 1.99. The summed E-state index contributed by atoms with van der Waals surface area (Å²) >= 11 is 0. The van der Waals surface area contributed by atoms with Crippen LogP contribution in [0.3, 0.4) is 0 Å². The van der Waals surface area contributed by atoms with Crippen molar-refractivity contribution in [3.05, 3.63) is 11.7 Å². The van der Waals surface area contributed by atoms with Crippen LogP contribution in [-0.4, -0.2) is 35.0 Å². The standard InChI is InChI=1S/C13H22N4O2/c1-8-6-9(8)11(18)15-13(2,3)12-14-10(19-16-12)7-17(4)5/h8-9H,6-7H2,1-5H3,(H,15,18)/t8-,9+/m0/s1. The van der Waals surface area contributed by atoms with Crippen LogP contribution < -0.4 is 5.32 Å². The molecule has 106 valence electrons. The monoisotopic (exact) mass is 266 g/mol. The molecule has 0 aromatic carbocycles. The van der Waals surface area contributed by atoms with Crippen LogP contribution >= 0.6 is 0 Å². The molecule has 19 heavy (non-hydrogen) atoms. The van der Waals surface area contributed by atoms with E-state index < -0.39 is 5.54 Å². The molecule has 1 amide bonds. The Morgan fingerprint density at radius 3 is 2.68 bits per heavy atom. The molecular formula is C13H22N4O2. The number of amides is 1. The topological polar surface area (TPSA) is 71.3 Å². The van der Waals surface area contributed by atoms with Crippen molar-refractivity contribution < 1.29 is 9.32 Å². The highest BCUT2D eigenvalue weighted by molar-refractivity contribution is 5.82. The zero-order valence-electron chi connectivity index (χ0n) is 12.2. The lowest BCUT2D eigenvalue weighted by molar-refractivity contribution is -0.124. The Morgan fingerprint density at radius 2 is 2.16 bits per heavy atom. The molecule has 6 heteroatoms. The van der Waals surface area contributed by atoms with E-state index in [4.69, 9.17) is 4.52 Å². The molecule has 0 aliphatic heterocycles. The molecule has 1 aromatic rings. The van der Waals surface area contributed by atoms with Crippen LogP contribution in [0.25, 0.3) is 0 Å². The SMILES string of the molecule is C[C@H]1C[C@H]1C(=O)NC(C)(C)c1noc(CN(C)C)n1. The predicted molar refractivity (Wildman–Crippen MR) is 70.1 cm³/mol. The van der Waals surface area contributed by atoms with E-state index in [9.17, 15) is 4.79 Å². The van der Waals surface area contributed by atoms with Gasteiger partial charge in [0, 0.05) is 5.92 Å². The molecule has 1 fully saturated rings. The highest BCUT2D eigenvalue weighted by atomic mass is 16.5. The van der Waals surface area contributed by atoms with Crippen molar-refractivity contribution in [2.24, 2.45) is 11.8 Å². The molecule has 0 radical (unpaired) electrons. The van der Waals surface area contributed by atoms with Crippen LogP contribution in [0.2, 0.25) is 0 Å². The molecule has 0 spiro atoms. The number of hydrogen-bond acceptors (Lipinski definition) is 5. The molecule has 2 rings (SSSR count). The number of nitrogens with zero attached hydrogens (tertiary/aromatic N) is 3. The van der Waals surface area contributed by atoms with Crippen molar-refractivity contribution in [2.75, 3.05) is 14.1 Å². The lowest BCUT2D eigenvalue weighted by Crippen LogP contribution is -2.42. The Labute approximate surface area is 113 Å². The Kier molecular flexibility index (Phi) is 3.62. The molecule has 1 aromatic heterocycles. The molecule has 6 nitrogen and oxygen atoms in total. The van der Waals surface area contributed by atoms with Gasteiger partial charge in [-0.2, -0.15) is 4.98 Å². The zero-order valence-corrected chi connectivity index (χ0v) is 12.2. The van der Waals surface area contributed by atoms with Crippen LogP contribution in [0.1, 0.15) is 38.9 Å². The lowest BCUT2D eigenvalue weighted by atomic mass is 10.0. The normalized spacial score (nSPS) is 22.6. The van der Waals surface area contributed by atoms with Gasteiger partial charge in [-0.05, 0) is 40.3 Å². The Morgan fingerprint density at radius 1 is 1.53 bits per heavy atom. The van der Waals surface area contributed by atoms with E-state index >= 15 is 0 Å². The fraction of sp³-hybridized carbons (Fsp3) is 0.769. The summed E-state index contributed by atoms with van der Waals surface area (Å²) in [5.74, 6) is 1.79. The van der Waals surface area contributed by atoms with Gasteiger partial charge in [0.15, 0.2) is 5.82 Å². The second-order valence-electron chi connectivity index (χ2n) is 6.18. The average Bonchev–Trinajstić information content (AvgIpc) is 2.82. The number of carbonyl (C=O) groups is 1. The molecule has 2 atom stereocenters. The van der Waals surface area contributed by atoms with E-state index in [1.165, 1.54) is 0 Å². The van der Waals surface area contributed by atoms with Crippen LogP contribution in [0.15, 0.2) is 4.52 Å². The summed E-state index contributed by atoms with van der Waals surface area (Å²) < 4.78 is 5.19. The van der Waals surface area contributed by atoms with E-state index in [1.807, 2.05) is 32.8 Å². The van der Waals surface area contributed by atoms with Gasteiger partial charge in [0.25, 0.3) is 0 Å². The molecule has 1 aliphatic carbocycles. The van der Waals surface area contributed by atoms with Gasteiger partial charge in [-0.15, -0.1) is 0 Å². The van der Waals surface area contributed by atoms with Gasteiger partial charge in [0.05, 0.1) is 12.1 Å². The molecule has 1 aliphatic rings. The van der Waals surface area contributed by atoms with E-state index in [0.29, 0.717) is 24.2 Å². The van der Waals surface area contributed by atoms with Gasteiger partial charge in [0.1, 0.15) is 0 Å². The summed E-state index contributed by atoms with van der Waals surface area (Å²) in [5.41, 5.74) is -0.604. The minimum atomic E-state index is -0.604. The summed E-state index contributed by atoms with van der Waals surface area (Å²) in [5, 5.41) is 6.96. The Balaban J connectivity index is 2.02. The maximum atomic E-state index is 12.0. The quantitative estimate of drug-likeness (QED) is 0.865. The summed E-state index contributed by atoms with van der Waals surface area (Å²) in [6.07, 6.45) is 0.972. The van der Waals surface area contributed by atoms with Gasteiger partial charge in [-0.3, -0.25) is 4.79 Å². The lowest BCUT2D eigenvalue weighted by Gasteiger charge is -2.22. The molecule has 1 saturated carbocycles. The minimum absolute atomic E-state index is 0.0801. The summed E-state index contributed by atoms with van der Waals surface area (Å²) in [6.45, 7) is 6.46. The molecule has 0 unspecified atom stereocenters. The third-order valence-electron chi connectivity index (χ3n) is 3.36. The van der Waals surface area contributed by atoms with Crippen molar-refractivity contribution in [1.29, 1.82) is 0 Å². The predicted octanol–water partition coefficient (Wildman–Crippen LogP) is 1.14. The number of nitrogens with one attached hydrogen (secondary N) is 1. The largest absolute Gasteiger partial charge is 0.344 e. The zero-order chi connectivity index (χ0) is 14.2. The van der Waals surface area contributed by atoms with Crippen LogP contribution in [0.5, 0.6) is 0 Å². The van der Waals surface area contributed by atoms with Crippen LogP contribution in [-0.2, 0) is 16.9 Å². The number of rotatable bonds is 5. The number of carbonyl (C=O) groups excluding carboxylic acids is 1. The van der Waals surface area contributed by atoms with Crippen LogP contribution in [0, 0.1) is 11.8 Å². The van der Waals surface area contributed by atoms with Crippen molar-refractivity contribution in [3.8, 4) is 0 Å². The number of hydrogen-bond donors (Lipinski definition) is 1. The Hall–Kier alpha value is -1.43. The smallest absolute Gasteiger partial charge is 0.240 e. The van der Waals surface area contributed by atoms with Crippen molar-refractivity contribution >= 4 is 5.91 Å². The fourth-order valence-corrected chi connectivity index (χ4v) is 1.99. The first-order valence-corrected chi connectivity index (χ1v) is 6.59. The first-order valence-electron chi connectivity index (χ1n) is 6.59. The molecule has 1 N–H and O–H groups in total. The average molecular weight is 266 g/mol. The second-order valence-corrected chi connectivity index (χ2v) is 6.18. The van der Waals surface area contributed by atoms with Crippen LogP contribution in [0.4, 0.5) is 0 Å². The van der Waals surface area contributed by atoms with E-state index in [-0.39, 0.29) is 11.8 Å². The molecule has 1 heterocycles. The maximum Gasteiger partial charge on any atom is 0.240 e. The number of aromatic nitrogens is 2. The third-order valence-corrected chi connectivity index (χ3v) is 3.36. The van der Waals surface area contributed by atoms with Gasteiger partial charge >= 0.3 is 0 Å². The van der Waals surface area contributed by atoms with Gasteiger partial charge < -0.3 is 14.7 Å². The molecule has 0 bridgehead atoms. The maximum absolute atomic E-state index is 12.0. The highest BCUT2D eigenvalue weighted by Crippen LogP contribution is 2.38. The molecular weight excluding hydrogens is 244 g/mol. The second kappa shape index (κ2) is 4.92. The third kappa shape index (κ3) is 3.32. The first kappa shape index (κ1) is 14.0. The van der Waals surface area contributed by atoms with Gasteiger partial charge in [0.2, 0.25) is 11.8 Å². The van der Waals surface area contributed by atoms with Crippen molar-refractivity contribution in [3.63, 3.8) is 0 Å². The van der Waals surface area contributed by atoms with Gasteiger partial charge in [-0.1, -0.05) is 12.1 Å².